The van der Waals surface area contributed by atoms with Gasteiger partial charge in [0, 0.05) is 22.5 Å². The number of hydrogen-bond donors (Lipinski definition) is 0. The van der Waals surface area contributed by atoms with Gasteiger partial charge in [0.15, 0.2) is 5.69 Å². The molecule has 5 aromatic rings. The number of benzene rings is 3. The SMILES string of the molecule is Cc1ccc2nc3c(nc2c1)-c1ccccc1[C@@]31[C@H](c2onc(C)c2[N+](=O)[O-])[C@@H](c2ccc(Cl)cc2)[C@@H]2CCCN21. The van der Waals surface area contributed by atoms with Crippen LogP contribution >= 0.6 is 11.6 Å². The van der Waals surface area contributed by atoms with Crippen LogP contribution in [0.5, 0.6) is 0 Å². The number of nitro groups is 1. The summed E-state index contributed by atoms with van der Waals surface area (Å²) in [6, 6.07) is 22.4. The molecule has 0 N–H and O–H groups in total. The molecule has 2 fully saturated rings. The molecule has 3 aromatic carbocycles. The largest absolute Gasteiger partial charge is 0.353 e. The molecule has 2 saturated heterocycles. The van der Waals surface area contributed by atoms with E-state index in [2.05, 4.69) is 28.3 Å². The normalized spacial score (nSPS) is 24.6. The van der Waals surface area contributed by atoms with Crippen LogP contribution in [0.4, 0.5) is 5.69 Å². The molecule has 41 heavy (non-hydrogen) atoms. The van der Waals surface area contributed by atoms with E-state index in [1.54, 1.807) is 6.92 Å². The van der Waals surface area contributed by atoms with Gasteiger partial charge in [0.2, 0.25) is 5.76 Å². The molecule has 0 radical (unpaired) electrons. The van der Waals surface area contributed by atoms with Crippen LogP contribution in [0.2, 0.25) is 5.02 Å². The van der Waals surface area contributed by atoms with Crippen LogP contribution < -0.4 is 0 Å². The molecule has 9 heteroatoms. The van der Waals surface area contributed by atoms with Crippen molar-refractivity contribution in [3.63, 3.8) is 0 Å². The second-order valence-corrected chi connectivity index (χ2v) is 11.9. The molecule has 3 aliphatic rings. The Morgan fingerprint density at radius 2 is 1.85 bits per heavy atom. The molecule has 1 spiro atoms. The van der Waals surface area contributed by atoms with Gasteiger partial charge in [-0.3, -0.25) is 15.0 Å². The summed E-state index contributed by atoms with van der Waals surface area (Å²) in [4.78, 5) is 25.3. The quantitative estimate of drug-likeness (QED) is 0.171. The third-order valence-electron chi connectivity index (χ3n) is 9.33. The Balaban J connectivity index is 1.51. The minimum absolute atomic E-state index is 0.0650. The maximum Gasteiger partial charge on any atom is 0.334 e. The predicted octanol–water partition coefficient (Wildman–Crippen LogP) is 7.07. The van der Waals surface area contributed by atoms with E-state index in [0.717, 1.165) is 64.1 Å². The van der Waals surface area contributed by atoms with Crippen LogP contribution in [0.1, 0.15) is 58.5 Å². The molecule has 0 unspecified atom stereocenters. The summed E-state index contributed by atoms with van der Waals surface area (Å²) < 4.78 is 6.01. The minimum atomic E-state index is -0.833. The first-order valence-electron chi connectivity index (χ1n) is 13.9. The van der Waals surface area contributed by atoms with Crippen LogP contribution in [0.15, 0.2) is 71.3 Å². The van der Waals surface area contributed by atoms with Gasteiger partial charge in [-0.1, -0.05) is 59.2 Å². The monoisotopic (exact) mass is 563 g/mol. The number of fused-ring (bicyclic) bond motifs is 8. The number of aryl methyl sites for hydroxylation is 2. The van der Waals surface area contributed by atoms with Crippen LogP contribution in [0, 0.1) is 24.0 Å². The maximum atomic E-state index is 12.5. The van der Waals surface area contributed by atoms with E-state index in [9.17, 15) is 10.1 Å². The highest BCUT2D eigenvalue weighted by atomic mass is 35.5. The summed E-state index contributed by atoms with van der Waals surface area (Å²) in [6.45, 7) is 4.51. The Morgan fingerprint density at radius 1 is 1.05 bits per heavy atom. The topological polar surface area (TPSA) is 98.2 Å². The van der Waals surface area contributed by atoms with Crippen LogP contribution in [0.3, 0.4) is 0 Å². The van der Waals surface area contributed by atoms with Crippen LogP contribution in [0.25, 0.3) is 22.3 Å². The van der Waals surface area contributed by atoms with Crippen molar-refractivity contribution in [1.82, 2.24) is 20.0 Å². The Bertz CT molecular complexity index is 1890. The number of aromatic nitrogens is 3. The smallest absolute Gasteiger partial charge is 0.334 e. The third kappa shape index (κ3) is 3.23. The molecule has 1 aliphatic carbocycles. The number of hydrogen-bond acceptors (Lipinski definition) is 7. The van der Waals surface area contributed by atoms with E-state index >= 15 is 0 Å². The molecule has 0 amide bonds. The van der Waals surface area contributed by atoms with Crippen molar-refractivity contribution in [3.05, 3.63) is 116 Å². The van der Waals surface area contributed by atoms with Gasteiger partial charge < -0.3 is 4.52 Å². The molecule has 0 bridgehead atoms. The lowest BCUT2D eigenvalue weighted by atomic mass is 9.70. The van der Waals surface area contributed by atoms with Crippen molar-refractivity contribution in [2.75, 3.05) is 6.54 Å². The van der Waals surface area contributed by atoms with Crippen molar-refractivity contribution in [1.29, 1.82) is 0 Å². The van der Waals surface area contributed by atoms with Crippen molar-refractivity contribution in [2.45, 2.75) is 50.1 Å². The molecule has 2 aliphatic heterocycles. The van der Waals surface area contributed by atoms with Gasteiger partial charge in [0.05, 0.1) is 33.3 Å². The van der Waals surface area contributed by atoms with E-state index in [-0.39, 0.29) is 34.0 Å². The van der Waals surface area contributed by atoms with Gasteiger partial charge in [0.1, 0.15) is 5.54 Å². The average Bonchev–Trinajstić information content (AvgIpc) is 3.71. The van der Waals surface area contributed by atoms with E-state index < -0.39 is 11.5 Å². The second-order valence-electron chi connectivity index (χ2n) is 11.4. The molecule has 4 atom stereocenters. The molecule has 2 aromatic heterocycles. The Morgan fingerprint density at radius 3 is 2.66 bits per heavy atom. The Hall–Kier alpha value is -4.14. The van der Waals surface area contributed by atoms with Crippen LogP contribution in [-0.2, 0) is 5.54 Å². The highest BCUT2D eigenvalue weighted by molar-refractivity contribution is 6.30. The number of halogens is 1. The first kappa shape index (κ1) is 24.6. The fourth-order valence-electron chi connectivity index (χ4n) is 7.90. The zero-order valence-corrected chi connectivity index (χ0v) is 23.3. The van der Waals surface area contributed by atoms with E-state index in [4.69, 9.17) is 26.1 Å². The van der Waals surface area contributed by atoms with Gasteiger partial charge in [0.25, 0.3) is 0 Å². The molecular weight excluding hydrogens is 538 g/mol. The fourth-order valence-corrected chi connectivity index (χ4v) is 8.02. The fraction of sp³-hybridized carbons (Fsp3) is 0.281. The predicted molar refractivity (Wildman–Crippen MR) is 155 cm³/mol. The first-order chi connectivity index (χ1) is 19.9. The Kier molecular flexibility index (Phi) is 5.22. The number of nitrogens with zero attached hydrogens (tertiary/aromatic N) is 5. The lowest BCUT2D eigenvalue weighted by molar-refractivity contribution is -0.386. The maximum absolute atomic E-state index is 12.5. The lowest BCUT2D eigenvalue weighted by Crippen LogP contribution is -2.45. The summed E-state index contributed by atoms with van der Waals surface area (Å²) in [7, 11) is 0. The molecule has 0 saturated carbocycles. The Labute approximate surface area is 241 Å². The first-order valence-corrected chi connectivity index (χ1v) is 14.3. The van der Waals surface area contributed by atoms with Crippen molar-refractivity contribution >= 4 is 28.3 Å². The third-order valence-corrected chi connectivity index (χ3v) is 9.58. The van der Waals surface area contributed by atoms with Crippen molar-refractivity contribution in [2.24, 2.45) is 0 Å². The molecule has 204 valence electrons. The minimum Gasteiger partial charge on any atom is -0.353 e. The summed E-state index contributed by atoms with van der Waals surface area (Å²) in [5.41, 5.74) is 6.89. The van der Waals surface area contributed by atoms with Gasteiger partial charge >= 0.3 is 5.69 Å². The van der Waals surface area contributed by atoms with E-state index in [1.807, 2.05) is 55.5 Å². The lowest BCUT2D eigenvalue weighted by Gasteiger charge is -2.39. The van der Waals surface area contributed by atoms with Crippen molar-refractivity contribution in [3.8, 4) is 11.3 Å². The van der Waals surface area contributed by atoms with E-state index in [1.165, 1.54) is 0 Å². The van der Waals surface area contributed by atoms with Gasteiger partial charge in [-0.05, 0) is 74.2 Å². The standard InChI is InChI=1S/C32H26ClN5O3/c1-17-9-14-23-24(16-17)34-28-21-6-3-4-7-22(21)32(31(28)35-23)27(30-29(38(39)40)18(2)36-41-30)26(25-8-5-15-37(25)32)19-10-12-20(33)13-11-19/h3-4,6-7,9-14,16,25-27H,5,8,15H2,1-2H3/t25-,26-,27-,32+/m0/s1. The average molecular weight is 564 g/mol. The van der Waals surface area contributed by atoms with Gasteiger partial charge in [-0.15, -0.1) is 0 Å². The molecule has 8 rings (SSSR count). The summed E-state index contributed by atoms with van der Waals surface area (Å²) in [6.07, 6.45) is 1.96. The zero-order valence-electron chi connectivity index (χ0n) is 22.5. The summed E-state index contributed by atoms with van der Waals surface area (Å²) in [5, 5.41) is 17.3. The van der Waals surface area contributed by atoms with Gasteiger partial charge in [-0.25, -0.2) is 9.97 Å². The highest BCUT2D eigenvalue weighted by Gasteiger charge is 2.68. The molecular formula is C32H26ClN5O3. The second kappa shape index (κ2) is 8.68. The molecule has 8 nitrogen and oxygen atoms in total. The summed E-state index contributed by atoms with van der Waals surface area (Å²) in [5.74, 6) is -0.319. The van der Waals surface area contributed by atoms with Gasteiger partial charge in [-0.2, -0.15) is 0 Å². The highest BCUT2D eigenvalue weighted by Crippen LogP contribution is 2.68. The van der Waals surface area contributed by atoms with Crippen LogP contribution in [-0.4, -0.2) is 37.5 Å². The molecule has 4 heterocycles. The van der Waals surface area contributed by atoms with Crippen molar-refractivity contribution < 1.29 is 9.45 Å². The summed E-state index contributed by atoms with van der Waals surface area (Å²) >= 11 is 6.33. The zero-order chi connectivity index (χ0) is 28.0. The number of rotatable bonds is 3. The van der Waals surface area contributed by atoms with E-state index in [0.29, 0.717) is 5.02 Å².